The second-order valence-electron chi connectivity index (χ2n) is 7.52. The first kappa shape index (κ1) is 23.1. The number of fused-ring (bicyclic) bond motifs is 1. The Hall–Kier alpha value is -2.55. The molecule has 8 nitrogen and oxygen atoms in total. The quantitative estimate of drug-likeness (QED) is 0.580. The Morgan fingerprint density at radius 1 is 1.32 bits per heavy atom. The Labute approximate surface area is 190 Å². The van der Waals surface area contributed by atoms with Crippen LogP contribution in [0.1, 0.15) is 24.0 Å². The van der Waals surface area contributed by atoms with Crippen molar-refractivity contribution >= 4 is 41.3 Å². The first-order valence-corrected chi connectivity index (χ1v) is 10.3. The molecule has 0 aliphatic carbocycles. The van der Waals surface area contributed by atoms with Crippen molar-refractivity contribution in [2.24, 2.45) is 5.73 Å². The number of rotatable bonds is 5. The van der Waals surface area contributed by atoms with Gasteiger partial charge in [0, 0.05) is 48.5 Å². The van der Waals surface area contributed by atoms with Crippen molar-refractivity contribution in [1.82, 2.24) is 14.2 Å². The van der Waals surface area contributed by atoms with Gasteiger partial charge in [0.2, 0.25) is 0 Å². The molecule has 1 fully saturated rings. The zero-order chi connectivity index (χ0) is 21.3. The summed E-state index contributed by atoms with van der Waals surface area (Å²) in [4.78, 5) is 27.1. The molecule has 2 N–H and O–H groups in total. The van der Waals surface area contributed by atoms with Crippen LogP contribution in [0.2, 0.25) is 5.02 Å². The smallest absolute Gasteiger partial charge is 0.325 e. The third-order valence-corrected chi connectivity index (χ3v) is 5.82. The van der Waals surface area contributed by atoms with E-state index >= 15 is 0 Å². The number of methoxy groups -OCH3 is 1. The summed E-state index contributed by atoms with van der Waals surface area (Å²) in [7, 11) is 1.30. The van der Waals surface area contributed by atoms with Gasteiger partial charge in [-0.2, -0.15) is 0 Å². The predicted molar refractivity (Wildman–Crippen MR) is 122 cm³/mol. The van der Waals surface area contributed by atoms with Crippen LogP contribution < -0.4 is 16.2 Å². The van der Waals surface area contributed by atoms with E-state index in [1.165, 1.54) is 11.7 Å². The third kappa shape index (κ3) is 4.71. The second-order valence-corrected chi connectivity index (χ2v) is 7.93. The fourth-order valence-electron chi connectivity index (χ4n) is 3.92. The van der Waals surface area contributed by atoms with Gasteiger partial charge >= 0.3 is 5.97 Å². The number of piperidine rings is 1. The maximum Gasteiger partial charge on any atom is 0.325 e. The molecule has 0 unspecified atom stereocenters. The van der Waals surface area contributed by atoms with E-state index in [4.69, 9.17) is 27.2 Å². The average Bonchev–Trinajstić information content (AvgIpc) is 3.11. The summed E-state index contributed by atoms with van der Waals surface area (Å²) >= 11 is 6.41. The van der Waals surface area contributed by atoms with Crippen LogP contribution in [-0.4, -0.2) is 46.4 Å². The molecule has 0 radical (unpaired) electrons. The van der Waals surface area contributed by atoms with Crippen LogP contribution in [0.4, 0.5) is 5.82 Å². The Balaban J connectivity index is 0.00000272. The summed E-state index contributed by atoms with van der Waals surface area (Å²) in [6, 6.07) is 7.62. The van der Waals surface area contributed by atoms with E-state index in [0.717, 1.165) is 36.3 Å². The zero-order valence-corrected chi connectivity index (χ0v) is 18.7. The minimum absolute atomic E-state index is 0. The van der Waals surface area contributed by atoms with Crippen LogP contribution in [0.3, 0.4) is 0 Å². The van der Waals surface area contributed by atoms with E-state index in [1.54, 1.807) is 16.9 Å². The molecular formula is C21H25Cl2N5O3. The van der Waals surface area contributed by atoms with Gasteiger partial charge in [0.25, 0.3) is 5.56 Å². The standard InChI is InChI=1S/C21H24ClN5O3.ClH/c1-30-18(28)13-26-9-10-27-19(21(26)29)16(11-14-5-2-3-7-17(14)22)20(24-27)25-8-4-6-15(23)12-25;/h2-3,5,7,9-10,15H,4,6,8,11-13,23H2,1H3;1H/t15-;/m1./s1. The van der Waals surface area contributed by atoms with Crippen molar-refractivity contribution in [3.8, 4) is 0 Å². The first-order valence-electron chi connectivity index (χ1n) is 9.89. The fourth-order valence-corrected chi connectivity index (χ4v) is 4.12. The largest absolute Gasteiger partial charge is 0.468 e. The maximum absolute atomic E-state index is 13.3. The minimum Gasteiger partial charge on any atom is -0.468 e. The number of hydrogen-bond acceptors (Lipinski definition) is 6. The van der Waals surface area contributed by atoms with Gasteiger partial charge in [-0.3, -0.25) is 9.59 Å². The van der Waals surface area contributed by atoms with Gasteiger partial charge in [-0.25, -0.2) is 4.52 Å². The number of nitrogens with zero attached hydrogens (tertiary/aromatic N) is 4. The van der Waals surface area contributed by atoms with Crippen molar-refractivity contribution in [3.05, 3.63) is 63.2 Å². The molecule has 0 spiro atoms. The lowest BCUT2D eigenvalue weighted by molar-refractivity contribution is -0.141. The van der Waals surface area contributed by atoms with E-state index in [2.05, 4.69) is 4.90 Å². The highest BCUT2D eigenvalue weighted by Gasteiger charge is 2.26. The van der Waals surface area contributed by atoms with Gasteiger partial charge in [0.05, 0.1) is 7.11 Å². The molecule has 10 heteroatoms. The Bertz CT molecular complexity index is 1140. The van der Waals surface area contributed by atoms with Gasteiger partial charge in [-0.1, -0.05) is 29.8 Å². The number of benzene rings is 1. The highest BCUT2D eigenvalue weighted by molar-refractivity contribution is 6.31. The third-order valence-electron chi connectivity index (χ3n) is 5.45. The van der Waals surface area contributed by atoms with Gasteiger partial charge in [0.15, 0.2) is 5.82 Å². The molecule has 1 aliphatic rings. The van der Waals surface area contributed by atoms with Gasteiger partial charge in [-0.05, 0) is 24.5 Å². The summed E-state index contributed by atoms with van der Waals surface area (Å²) in [6.07, 6.45) is 5.61. The molecule has 1 saturated heterocycles. The maximum atomic E-state index is 13.3. The van der Waals surface area contributed by atoms with Gasteiger partial charge in [-0.15, -0.1) is 17.5 Å². The SMILES string of the molecule is COC(=O)Cn1ccn2nc(N3CCC[C@@H](N)C3)c(Cc3ccccc3Cl)c2c1=O.Cl. The number of carbonyl (C=O) groups excluding carboxylic acids is 1. The van der Waals surface area contributed by atoms with Crippen molar-refractivity contribution in [2.45, 2.75) is 31.8 Å². The molecule has 1 aromatic carbocycles. The summed E-state index contributed by atoms with van der Waals surface area (Å²) in [6.45, 7) is 1.34. The van der Waals surface area contributed by atoms with Gasteiger partial charge in [0.1, 0.15) is 12.1 Å². The molecule has 31 heavy (non-hydrogen) atoms. The van der Waals surface area contributed by atoms with Crippen LogP contribution >= 0.6 is 24.0 Å². The number of esters is 1. The van der Waals surface area contributed by atoms with Crippen LogP contribution in [0.15, 0.2) is 41.5 Å². The number of halogens is 2. The highest BCUT2D eigenvalue weighted by Crippen LogP contribution is 2.29. The molecule has 0 saturated carbocycles. The zero-order valence-electron chi connectivity index (χ0n) is 17.2. The predicted octanol–water partition coefficient (Wildman–Crippen LogP) is 2.26. The Kier molecular flexibility index (Phi) is 7.25. The second kappa shape index (κ2) is 9.72. The van der Waals surface area contributed by atoms with Crippen LogP contribution in [0, 0.1) is 0 Å². The van der Waals surface area contributed by atoms with Crippen molar-refractivity contribution in [2.75, 3.05) is 25.1 Å². The lowest BCUT2D eigenvalue weighted by atomic mass is 10.0. The van der Waals surface area contributed by atoms with Crippen LogP contribution in [0.5, 0.6) is 0 Å². The van der Waals surface area contributed by atoms with Gasteiger partial charge < -0.3 is 19.9 Å². The lowest BCUT2D eigenvalue weighted by Gasteiger charge is -2.31. The summed E-state index contributed by atoms with van der Waals surface area (Å²) < 4.78 is 7.63. The number of aromatic nitrogens is 3. The minimum atomic E-state index is -0.490. The lowest BCUT2D eigenvalue weighted by Crippen LogP contribution is -2.43. The van der Waals surface area contributed by atoms with E-state index < -0.39 is 5.97 Å². The number of ether oxygens (including phenoxy) is 1. The topological polar surface area (TPSA) is 94.9 Å². The van der Waals surface area contributed by atoms with Crippen molar-refractivity contribution in [3.63, 3.8) is 0 Å². The normalized spacial score (nSPS) is 16.2. The number of hydrogen-bond donors (Lipinski definition) is 1. The number of nitrogens with two attached hydrogens (primary N) is 1. The first-order chi connectivity index (χ1) is 14.5. The monoisotopic (exact) mass is 465 g/mol. The molecule has 1 atom stereocenters. The average molecular weight is 466 g/mol. The highest BCUT2D eigenvalue weighted by atomic mass is 35.5. The molecule has 4 rings (SSSR count). The van der Waals surface area contributed by atoms with Crippen molar-refractivity contribution in [1.29, 1.82) is 0 Å². The van der Waals surface area contributed by atoms with E-state index in [-0.39, 0.29) is 30.6 Å². The summed E-state index contributed by atoms with van der Waals surface area (Å²) in [5, 5.41) is 5.34. The van der Waals surface area contributed by atoms with E-state index in [1.807, 2.05) is 24.3 Å². The van der Waals surface area contributed by atoms with Crippen molar-refractivity contribution < 1.29 is 9.53 Å². The molecule has 3 heterocycles. The number of carbonyl (C=O) groups is 1. The molecule has 0 bridgehead atoms. The van der Waals surface area contributed by atoms with Crippen LogP contribution in [-0.2, 0) is 22.5 Å². The summed E-state index contributed by atoms with van der Waals surface area (Å²) in [5.41, 5.74) is 8.00. The fraction of sp³-hybridized carbons (Fsp3) is 0.381. The Morgan fingerprint density at radius 2 is 2.10 bits per heavy atom. The Morgan fingerprint density at radius 3 is 2.81 bits per heavy atom. The molecule has 3 aromatic rings. The number of anilines is 1. The molecule has 1 aliphatic heterocycles. The van der Waals surface area contributed by atoms with E-state index in [9.17, 15) is 9.59 Å². The molecule has 2 aromatic heterocycles. The summed E-state index contributed by atoms with van der Waals surface area (Å²) in [5.74, 6) is 0.244. The van der Waals surface area contributed by atoms with E-state index in [0.29, 0.717) is 23.5 Å². The molecule has 166 valence electrons. The van der Waals surface area contributed by atoms with Crippen LogP contribution in [0.25, 0.3) is 5.52 Å². The molecular weight excluding hydrogens is 441 g/mol. The molecule has 0 amide bonds.